The van der Waals surface area contributed by atoms with Crippen LogP contribution < -0.4 is 10.5 Å². The highest BCUT2D eigenvalue weighted by atomic mass is 79.9. The number of hydrogen-bond donors (Lipinski definition) is 3. The number of benzene rings is 2. The quantitative estimate of drug-likeness (QED) is 0.651. The summed E-state index contributed by atoms with van der Waals surface area (Å²) >= 11 is 3.37. The van der Waals surface area contributed by atoms with Gasteiger partial charge in [-0.2, -0.15) is 5.10 Å². The molecule has 3 rings (SSSR count). The number of aromatic hydroxyl groups is 1. The number of ether oxygens (including phenoxy) is 1. The van der Waals surface area contributed by atoms with E-state index in [1.807, 2.05) is 24.3 Å². The molecule has 23 heavy (non-hydrogen) atoms. The first kappa shape index (κ1) is 15.5. The van der Waals surface area contributed by atoms with Crippen molar-refractivity contribution in [2.45, 2.75) is 6.04 Å². The summed E-state index contributed by atoms with van der Waals surface area (Å²) in [5.41, 5.74) is 7.63. The second-order valence-corrected chi connectivity index (χ2v) is 5.87. The Hall–Kier alpha value is -2.38. The zero-order valence-corrected chi connectivity index (χ0v) is 13.9. The van der Waals surface area contributed by atoms with Crippen molar-refractivity contribution >= 4 is 15.9 Å². The van der Waals surface area contributed by atoms with Gasteiger partial charge in [0.25, 0.3) is 0 Å². The zero-order valence-electron chi connectivity index (χ0n) is 12.3. The second kappa shape index (κ2) is 6.39. The van der Waals surface area contributed by atoms with E-state index in [9.17, 15) is 5.11 Å². The minimum atomic E-state index is -0.448. The average Bonchev–Trinajstić information content (AvgIpc) is 3.06. The monoisotopic (exact) mass is 374 g/mol. The third kappa shape index (κ3) is 3.20. The molecule has 0 spiro atoms. The van der Waals surface area contributed by atoms with E-state index in [1.54, 1.807) is 25.3 Å². The summed E-state index contributed by atoms with van der Waals surface area (Å²) in [6.45, 7) is 0. The Bertz CT molecular complexity index is 817. The molecule has 0 aliphatic carbocycles. The highest BCUT2D eigenvalue weighted by molar-refractivity contribution is 9.10. The maximum Gasteiger partial charge on any atom is 0.184 e. The van der Waals surface area contributed by atoms with E-state index in [4.69, 9.17) is 10.5 Å². The molecule has 0 bridgehead atoms. The minimum Gasteiger partial charge on any atom is -0.507 e. The maximum atomic E-state index is 9.95. The van der Waals surface area contributed by atoms with Gasteiger partial charge in [0, 0.05) is 4.47 Å². The number of nitrogens with two attached hydrogens (primary N) is 1. The van der Waals surface area contributed by atoms with E-state index in [1.165, 1.54) is 0 Å². The number of nitrogens with zero attached hydrogens (tertiary/aromatic N) is 2. The van der Waals surface area contributed by atoms with E-state index in [0.717, 1.165) is 15.8 Å². The van der Waals surface area contributed by atoms with Crippen LogP contribution >= 0.6 is 15.9 Å². The number of aromatic amines is 1. The van der Waals surface area contributed by atoms with Crippen LogP contribution in [0.15, 0.2) is 46.9 Å². The first-order valence-electron chi connectivity index (χ1n) is 6.89. The topological polar surface area (TPSA) is 97.1 Å². The van der Waals surface area contributed by atoms with Crippen molar-refractivity contribution in [2.24, 2.45) is 5.73 Å². The van der Waals surface area contributed by atoms with Crippen molar-refractivity contribution < 1.29 is 9.84 Å². The molecule has 0 amide bonds. The van der Waals surface area contributed by atoms with Crippen LogP contribution in [0.4, 0.5) is 0 Å². The van der Waals surface area contributed by atoms with Crippen molar-refractivity contribution in [3.8, 4) is 22.9 Å². The number of methoxy groups -OCH3 is 1. The van der Waals surface area contributed by atoms with Crippen LogP contribution in [0.2, 0.25) is 0 Å². The Kier molecular flexibility index (Phi) is 4.31. The smallest absolute Gasteiger partial charge is 0.184 e. The Labute approximate surface area is 141 Å². The van der Waals surface area contributed by atoms with Crippen molar-refractivity contribution in [1.82, 2.24) is 15.2 Å². The lowest BCUT2D eigenvalue weighted by Gasteiger charge is -2.09. The van der Waals surface area contributed by atoms with Crippen LogP contribution in [0.25, 0.3) is 11.4 Å². The lowest BCUT2D eigenvalue weighted by Crippen LogP contribution is -2.13. The van der Waals surface area contributed by atoms with Crippen molar-refractivity contribution in [3.05, 3.63) is 58.3 Å². The molecule has 2 aromatic carbocycles. The van der Waals surface area contributed by atoms with Crippen molar-refractivity contribution in [1.29, 1.82) is 0 Å². The number of phenols is 1. The third-order valence-electron chi connectivity index (χ3n) is 3.47. The normalized spacial score (nSPS) is 12.1. The molecule has 0 aliphatic heterocycles. The van der Waals surface area contributed by atoms with Gasteiger partial charge in [0.1, 0.15) is 17.3 Å². The number of aromatic nitrogens is 3. The summed E-state index contributed by atoms with van der Waals surface area (Å²) in [7, 11) is 1.61. The summed E-state index contributed by atoms with van der Waals surface area (Å²) < 4.78 is 5.96. The Balaban J connectivity index is 1.90. The molecule has 0 aliphatic rings. The van der Waals surface area contributed by atoms with Gasteiger partial charge >= 0.3 is 0 Å². The van der Waals surface area contributed by atoms with Crippen molar-refractivity contribution in [2.75, 3.05) is 7.11 Å². The summed E-state index contributed by atoms with van der Waals surface area (Å²) in [5, 5.41) is 16.9. The van der Waals surface area contributed by atoms with Gasteiger partial charge in [-0.3, -0.25) is 5.10 Å². The molecular weight excluding hydrogens is 360 g/mol. The molecule has 0 saturated carbocycles. The van der Waals surface area contributed by atoms with E-state index in [-0.39, 0.29) is 5.75 Å². The number of hydrogen-bond acceptors (Lipinski definition) is 5. The van der Waals surface area contributed by atoms with Gasteiger partial charge in [-0.15, -0.1) is 0 Å². The maximum absolute atomic E-state index is 9.95. The molecule has 0 fully saturated rings. The van der Waals surface area contributed by atoms with E-state index in [2.05, 4.69) is 31.1 Å². The first-order chi connectivity index (χ1) is 11.1. The molecule has 0 unspecified atom stereocenters. The predicted octanol–water partition coefficient (Wildman–Crippen LogP) is 3.00. The molecule has 0 saturated heterocycles. The van der Waals surface area contributed by atoms with E-state index in [0.29, 0.717) is 17.2 Å². The average molecular weight is 375 g/mol. The fraction of sp³-hybridized carbons (Fsp3) is 0.125. The fourth-order valence-corrected chi connectivity index (χ4v) is 2.55. The summed E-state index contributed by atoms with van der Waals surface area (Å²) in [6.07, 6.45) is 0. The highest BCUT2D eigenvalue weighted by Gasteiger charge is 2.16. The molecular formula is C16H15BrN4O2. The Morgan fingerprint density at radius 2 is 1.96 bits per heavy atom. The van der Waals surface area contributed by atoms with Crippen LogP contribution in [0.1, 0.15) is 17.4 Å². The summed E-state index contributed by atoms with van der Waals surface area (Å²) in [5.74, 6) is 1.78. The molecule has 7 heteroatoms. The van der Waals surface area contributed by atoms with Gasteiger partial charge in [0.2, 0.25) is 0 Å². The first-order valence-corrected chi connectivity index (χ1v) is 7.68. The van der Waals surface area contributed by atoms with Crippen LogP contribution in [-0.2, 0) is 0 Å². The lowest BCUT2D eigenvalue weighted by molar-refractivity contribution is 0.414. The van der Waals surface area contributed by atoms with Gasteiger partial charge in [0.05, 0.1) is 18.7 Å². The molecule has 3 aromatic rings. The molecule has 4 N–H and O–H groups in total. The molecule has 118 valence electrons. The zero-order chi connectivity index (χ0) is 16.4. The SMILES string of the molecule is COc1ccc([C@@H](N)c2nc(-c3cc(Br)ccc3O)n[nH]2)cc1. The Morgan fingerprint density at radius 1 is 1.22 bits per heavy atom. The second-order valence-electron chi connectivity index (χ2n) is 4.96. The van der Waals surface area contributed by atoms with E-state index < -0.39 is 6.04 Å². The lowest BCUT2D eigenvalue weighted by atomic mass is 10.1. The van der Waals surface area contributed by atoms with E-state index >= 15 is 0 Å². The third-order valence-corrected chi connectivity index (χ3v) is 3.96. The number of phenolic OH excluding ortho intramolecular Hbond substituents is 1. The number of nitrogens with one attached hydrogen (secondary N) is 1. The Morgan fingerprint density at radius 3 is 2.65 bits per heavy atom. The van der Waals surface area contributed by atoms with Crippen LogP contribution in [0, 0.1) is 0 Å². The summed E-state index contributed by atoms with van der Waals surface area (Å²) in [4.78, 5) is 4.40. The largest absolute Gasteiger partial charge is 0.507 e. The highest BCUT2D eigenvalue weighted by Crippen LogP contribution is 2.30. The van der Waals surface area contributed by atoms with Crippen LogP contribution in [0.5, 0.6) is 11.5 Å². The van der Waals surface area contributed by atoms with Gasteiger partial charge < -0.3 is 15.6 Å². The molecule has 1 heterocycles. The number of rotatable bonds is 4. The molecule has 6 nitrogen and oxygen atoms in total. The van der Waals surface area contributed by atoms with Crippen molar-refractivity contribution in [3.63, 3.8) is 0 Å². The van der Waals surface area contributed by atoms with Gasteiger partial charge in [-0.05, 0) is 35.9 Å². The summed E-state index contributed by atoms with van der Waals surface area (Å²) in [6, 6.07) is 12.1. The minimum absolute atomic E-state index is 0.108. The fourth-order valence-electron chi connectivity index (χ4n) is 2.19. The van der Waals surface area contributed by atoms with Gasteiger partial charge in [0.15, 0.2) is 5.82 Å². The predicted molar refractivity (Wildman–Crippen MR) is 90.2 cm³/mol. The van der Waals surface area contributed by atoms with Gasteiger partial charge in [-0.25, -0.2) is 4.98 Å². The number of halogens is 1. The number of H-pyrrole nitrogens is 1. The van der Waals surface area contributed by atoms with Crippen LogP contribution in [-0.4, -0.2) is 27.4 Å². The molecule has 0 radical (unpaired) electrons. The molecule has 1 aromatic heterocycles. The van der Waals surface area contributed by atoms with Gasteiger partial charge in [-0.1, -0.05) is 28.1 Å². The standard InChI is InChI=1S/C16H15BrN4O2/c1-23-11-5-2-9(3-6-11)14(18)16-19-15(20-21-16)12-8-10(17)4-7-13(12)22/h2-8,14,22H,18H2,1H3,(H,19,20,21)/t14-/m1/s1. The van der Waals surface area contributed by atoms with Crippen LogP contribution in [0.3, 0.4) is 0 Å². The molecule has 1 atom stereocenters.